The van der Waals surface area contributed by atoms with Crippen LogP contribution in [0.4, 0.5) is 0 Å². The maximum absolute atomic E-state index is 11.9. The van der Waals surface area contributed by atoms with Gasteiger partial charge in [-0.3, -0.25) is 0 Å². The molecule has 0 aromatic heterocycles. The van der Waals surface area contributed by atoms with E-state index in [-0.39, 0.29) is 17.3 Å². The topological polar surface area (TPSA) is 68.3 Å². The van der Waals surface area contributed by atoms with Gasteiger partial charge in [-0.05, 0) is 5.41 Å². The fraction of sp³-hybridized carbons (Fsp3) is 1.00. The van der Waals surface area contributed by atoms with Gasteiger partial charge in [-0.15, -0.1) is 0 Å². The lowest BCUT2D eigenvalue weighted by atomic mass is 9.93. The Kier molecular flexibility index (Phi) is 5.01. The minimum Gasteiger partial charge on any atom is -0.229 e. The SMILES string of the molecule is CCS(=O)(=O)C[C@H](C(C)(C)C)S(=O)(=O)CC. The van der Waals surface area contributed by atoms with E-state index in [0.29, 0.717) is 0 Å². The molecule has 0 fully saturated rings. The van der Waals surface area contributed by atoms with E-state index in [1.807, 2.05) is 0 Å². The Morgan fingerprint density at radius 3 is 1.62 bits per heavy atom. The number of sulfone groups is 2. The van der Waals surface area contributed by atoms with E-state index in [0.717, 1.165) is 0 Å². The highest BCUT2D eigenvalue weighted by atomic mass is 32.2. The molecular weight excluding hydrogens is 248 g/mol. The number of rotatable bonds is 5. The fourth-order valence-electron chi connectivity index (χ4n) is 1.44. The van der Waals surface area contributed by atoms with Gasteiger partial charge in [0.2, 0.25) is 0 Å². The summed E-state index contributed by atoms with van der Waals surface area (Å²) in [6.45, 7) is 8.36. The summed E-state index contributed by atoms with van der Waals surface area (Å²) in [7, 11) is -6.61. The highest BCUT2D eigenvalue weighted by molar-refractivity contribution is 7.95. The van der Waals surface area contributed by atoms with Gasteiger partial charge in [0.15, 0.2) is 19.7 Å². The number of hydrogen-bond acceptors (Lipinski definition) is 4. The molecule has 0 rings (SSSR count). The summed E-state index contributed by atoms with van der Waals surface area (Å²) in [6.07, 6.45) is 0. The molecule has 6 heteroatoms. The summed E-state index contributed by atoms with van der Waals surface area (Å²) in [5, 5.41) is -0.824. The van der Waals surface area contributed by atoms with Gasteiger partial charge in [0.25, 0.3) is 0 Å². The summed E-state index contributed by atoms with van der Waals surface area (Å²) < 4.78 is 46.9. The molecule has 0 heterocycles. The van der Waals surface area contributed by atoms with Crippen molar-refractivity contribution in [2.75, 3.05) is 17.3 Å². The van der Waals surface area contributed by atoms with E-state index in [1.165, 1.54) is 6.92 Å². The molecule has 0 aliphatic heterocycles. The summed E-state index contributed by atoms with van der Waals surface area (Å²) in [5.74, 6) is -0.309. The molecule has 0 unspecified atom stereocenters. The molecule has 4 nitrogen and oxygen atoms in total. The van der Waals surface area contributed by atoms with Crippen LogP contribution in [0, 0.1) is 5.41 Å². The highest BCUT2D eigenvalue weighted by Gasteiger charge is 2.38. The minimum atomic E-state index is -3.34. The van der Waals surface area contributed by atoms with Crippen molar-refractivity contribution in [3.8, 4) is 0 Å². The summed E-state index contributed by atoms with van der Waals surface area (Å²) in [4.78, 5) is 0. The highest BCUT2D eigenvalue weighted by Crippen LogP contribution is 2.27. The molecule has 0 aromatic rings. The molecule has 0 radical (unpaired) electrons. The van der Waals surface area contributed by atoms with E-state index in [4.69, 9.17) is 0 Å². The van der Waals surface area contributed by atoms with Crippen molar-refractivity contribution in [2.24, 2.45) is 5.41 Å². The van der Waals surface area contributed by atoms with Gasteiger partial charge in [0, 0.05) is 11.5 Å². The van der Waals surface area contributed by atoms with Gasteiger partial charge in [-0.1, -0.05) is 34.6 Å². The first kappa shape index (κ1) is 15.9. The quantitative estimate of drug-likeness (QED) is 0.754. The van der Waals surface area contributed by atoms with E-state index >= 15 is 0 Å². The van der Waals surface area contributed by atoms with Crippen molar-refractivity contribution in [1.29, 1.82) is 0 Å². The first-order valence-electron chi connectivity index (χ1n) is 5.38. The first-order chi connectivity index (χ1) is 6.96. The lowest BCUT2D eigenvalue weighted by molar-refractivity contribution is 0.392. The van der Waals surface area contributed by atoms with Gasteiger partial charge in [0.1, 0.15) is 0 Å². The Balaban J connectivity index is 5.33. The van der Waals surface area contributed by atoms with E-state index in [9.17, 15) is 16.8 Å². The Bertz CT molecular complexity index is 412. The van der Waals surface area contributed by atoms with Gasteiger partial charge < -0.3 is 0 Å². The fourth-order valence-corrected chi connectivity index (χ4v) is 5.57. The predicted octanol–water partition coefficient (Wildman–Crippen LogP) is 1.27. The molecule has 1 atom stereocenters. The normalized spacial score (nSPS) is 16.1. The van der Waals surface area contributed by atoms with Crippen molar-refractivity contribution in [1.82, 2.24) is 0 Å². The Hall–Kier alpha value is -0.100. The van der Waals surface area contributed by atoms with Crippen LogP contribution in [0.5, 0.6) is 0 Å². The largest absolute Gasteiger partial charge is 0.229 e. The molecule has 0 saturated carbocycles. The van der Waals surface area contributed by atoms with E-state index < -0.39 is 30.3 Å². The third-order valence-corrected chi connectivity index (χ3v) is 7.12. The summed E-state index contributed by atoms with van der Waals surface area (Å²) in [5.41, 5.74) is -0.558. The van der Waals surface area contributed by atoms with Crippen molar-refractivity contribution in [2.45, 2.75) is 39.9 Å². The molecule has 0 aliphatic rings. The van der Waals surface area contributed by atoms with E-state index in [2.05, 4.69) is 0 Å². The lowest BCUT2D eigenvalue weighted by Crippen LogP contribution is -2.41. The number of hydrogen-bond donors (Lipinski definition) is 0. The second kappa shape index (κ2) is 5.04. The van der Waals surface area contributed by atoms with Crippen molar-refractivity contribution < 1.29 is 16.8 Å². The maximum atomic E-state index is 11.9. The van der Waals surface area contributed by atoms with Gasteiger partial charge in [0.05, 0.1) is 11.0 Å². The zero-order valence-electron chi connectivity index (χ0n) is 10.6. The smallest absolute Gasteiger partial charge is 0.154 e. The van der Waals surface area contributed by atoms with Crippen LogP contribution in [0.1, 0.15) is 34.6 Å². The molecule has 0 spiro atoms. The molecule has 0 aliphatic carbocycles. The van der Waals surface area contributed by atoms with E-state index in [1.54, 1.807) is 27.7 Å². The Morgan fingerprint density at radius 1 is 0.938 bits per heavy atom. The van der Waals surface area contributed by atoms with Crippen LogP contribution in [-0.2, 0) is 19.7 Å². The van der Waals surface area contributed by atoms with Crippen LogP contribution in [-0.4, -0.2) is 39.3 Å². The molecule has 0 aromatic carbocycles. The third kappa shape index (κ3) is 4.41. The van der Waals surface area contributed by atoms with Crippen molar-refractivity contribution in [3.05, 3.63) is 0 Å². The Morgan fingerprint density at radius 2 is 1.38 bits per heavy atom. The average Bonchev–Trinajstić information content (AvgIpc) is 2.12. The van der Waals surface area contributed by atoms with Crippen LogP contribution in [0.25, 0.3) is 0 Å². The van der Waals surface area contributed by atoms with Crippen molar-refractivity contribution in [3.63, 3.8) is 0 Å². The van der Waals surface area contributed by atoms with Gasteiger partial charge in [-0.2, -0.15) is 0 Å². The third-order valence-electron chi connectivity index (χ3n) is 2.65. The van der Waals surface area contributed by atoms with Gasteiger partial charge in [-0.25, -0.2) is 16.8 Å². The zero-order chi connectivity index (χ0) is 13.2. The predicted molar refractivity (Wildman–Crippen MR) is 67.0 cm³/mol. The molecule has 0 amide bonds. The molecule has 0 bridgehead atoms. The molecule has 16 heavy (non-hydrogen) atoms. The Labute approximate surface area is 99.3 Å². The maximum Gasteiger partial charge on any atom is 0.154 e. The van der Waals surface area contributed by atoms with Gasteiger partial charge >= 0.3 is 0 Å². The molecule has 98 valence electrons. The summed E-state index contributed by atoms with van der Waals surface area (Å²) >= 11 is 0. The van der Waals surface area contributed by atoms with Crippen LogP contribution >= 0.6 is 0 Å². The van der Waals surface area contributed by atoms with Crippen molar-refractivity contribution >= 4 is 19.7 Å². The zero-order valence-corrected chi connectivity index (χ0v) is 12.3. The van der Waals surface area contributed by atoms with Crippen LogP contribution in [0.15, 0.2) is 0 Å². The van der Waals surface area contributed by atoms with Crippen LogP contribution in [0.2, 0.25) is 0 Å². The minimum absolute atomic E-state index is 0.0151. The van der Waals surface area contributed by atoms with Crippen LogP contribution < -0.4 is 0 Å². The second-order valence-electron chi connectivity index (χ2n) is 5.01. The lowest BCUT2D eigenvalue weighted by Gasteiger charge is -2.29. The first-order valence-corrected chi connectivity index (χ1v) is 8.92. The molecule has 0 N–H and O–H groups in total. The molecular formula is C10H22O4S2. The second-order valence-corrected chi connectivity index (χ2v) is 9.88. The monoisotopic (exact) mass is 270 g/mol. The standard InChI is InChI=1S/C10H22O4S2/c1-6-15(11,12)8-9(10(3,4)5)16(13,14)7-2/h9H,6-8H2,1-5H3/t9-/m1/s1. The summed E-state index contributed by atoms with van der Waals surface area (Å²) in [6, 6.07) is 0. The average molecular weight is 270 g/mol. The molecule has 0 saturated heterocycles. The van der Waals surface area contributed by atoms with Crippen LogP contribution in [0.3, 0.4) is 0 Å².